The summed E-state index contributed by atoms with van der Waals surface area (Å²) in [6, 6.07) is 12.5. The van der Waals surface area contributed by atoms with Crippen molar-refractivity contribution in [2.75, 3.05) is 25.5 Å². The first-order valence-electron chi connectivity index (χ1n) is 9.10. The summed E-state index contributed by atoms with van der Waals surface area (Å²) in [5.74, 6) is -1.37. The van der Waals surface area contributed by atoms with E-state index < -0.39 is 18.5 Å². The Hall–Kier alpha value is -3.26. The molecule has 1 heterocycles. The minimum Gasteiger partial charge on any atom is -0.452 e. The van der Waals surface area contributed by atoms with Crippen molar-refractivity contribution in [2.24, 2.45) is 0 Å². The van der Waals surface area contributed by atoms with Crippen molar-refractivity contribution in [3.63, 3.8) is 0 Å². The number of esters is 1. The van der Waals surface area contributed by atoms with E-state index in [1.54, 1.807) is 23.7 Å². The highest BCUT2D eigenvalue weighted by Crippen LogP contribution is 2.19. The van der Waals surface area contributed by atoms with Gasteiger partial charge in [0.1, 0.15) is 0 Å². The summed E-state index contributed by atoms with van der Waals surface area (Å²) >= 11 is 1.42. The number of fused-ring (bicyclic) bond motifs is 1. The maximum atomic E-state index is 12.2. The fourth-order valence-corrected chi connectivity index (χ4v) is 3.46. The van der Waals surface area contributed by atoms with Crippen LogP contribution in [-0.2, 0) is 20.7 Å². The Morgan fingerprint density at radius 1 is 1.17 bits per heavy atom. The van der Waals surface area contributed by atoms with E-state index in [9.17, 15) is 14.4 Å². The first kappa shape index (κ1) is 20.5. The maximum Gasteiger partial charge on any atom is 0.338 e. The molecule has 0 atom stereocenters. The summed E-state index contributed by atoms with van der Waals surface area (Å²) in [6.45, 7) is 1.43. The van der Waals surface area contributed by atoms with E-state index in [0.717, 1.165) is 27.9 Å². The van der Waals surface area contributed by atoms with E-state index in [4.69, 9.17) is 4.74 Å². The molecule has 0 unspecified atom stereocenters. The van der Waals surface area contributed by atoms with Crippen LogP contribution >= 0.6 is 11.3 Å². The third-order valence-electron chi connectivity index (χ3n) is 4.37. The molecule has 7 nitrogen and oxygen atoms in total. The molecule has 1 aromatic heterocycles. The Balaban J connectivity index is 1.50. The van der Waals surface area contributed by atoms with Gasteiger partial charge in [-0.05, 0) is 36.2 Å². The van der Waals surface area contributed by atoms with Crippen LogP contribution in [0.5, 0.6) is 0 Å². The Morgan fingerprint density at radius 3 is 2.76 bits per heavy atom. The zero-order valence-electron chi connectivity index (χ0n) is 16.2. The van der Waals surface area contributed by atoms with Crippen LogP contribution in [0.25, 0.3) is 10.2 Å². The van der Waals surface area contributed by atoms with Gasteiger partial charge >= 0.3 is 5.97 Å². The lowest BCUT2D eigenvalue weighted by molar-refractivity contribution is -0.136. The third-order valence-corrected chi connectivity index (χ3v) is 5.16. The van der Waals surface area contributed by atoms with Crippen molar-refractivity contribution in [1.29, 1.82) is 0 Å². The molecule has 1 N–H and O–H groups in total. The zero-order valence-corrected chi connectivity index (χ0v) is 17.0. The molecule has 0 aliphatic heterocycles. The molecule has 0 bridgehead atoms. The average Bonchev–Trinajstić information content (AvgIpc) is 3.19. The fourth-order valence-electron chi connectivity index (χ4n) is 2.75. The van der Waals surface area contributed by atoms with Crippen LogP contribution in [0.15, 0.2) is 48.0 Å². The van der Waals surface area contributed by atoms with Crippen LogP contribution in [0, 0.1) is 0 Å². The molecular formula is C21H21N3O4S. The molecule has 2 amide bonds. The summed E-state index contributed by atoms with van der Waals surface area (Å²) in [7, 11) is 1.49. The molecule has 29 heavy (non-hydrogen) atoms. The zero-order chi connectivity index (χ0) is 20.8. The van der Waals surface area contributed by atoms with Gasteiger partial charge in [0.05, 0.1) is 27.8 Å². The number of anilines is 1. The number of para-hydroxylation sites is 1. The van der Waals surface area contributed by atoms with E-state index in [1.165, 1.54) is 23.3 Å². The van der Waals surface area contributed by atoms with Crippen LogP contribution in [0.1, 0.15) is 22.8 Å². The molecule has 3 rings (SSSR count). The molecule has 2 aromatic carbocycles. The first-order chi connectivity index (χ1) is 14.0. The predicted molar refractivity (Wildman–Crippen MR) is 112 cm³/mol. The normalized spacial score (nSPS) is 10.6. The molecule has 0 fully saturated rings. The van der Waals surface area contributed by atoms with Crippen LogP contribution in [-0.4, -0.2) is 47.9 Å². The second-order valence-corrected chi connectivity index (χ2v) is 7.31. The minimum absolute atomic E-state index is 0.138. The van der Waals surface area contributed by atoms with Gasteiger partial charge in [0, 0.05) is 12.7 Å². The van der Waals surface area contributed by atoms with E-state index in [0.29, 0.717) is 5.56 Å². The summed E-state index contributed by atoms with van der Waals surface area (Å²) < 4.78 is 5.96. The highest BCUT2D eigenvalue weighted by Gasteiger charge is 2.17. The number of rotatable bonds is 7. The number of nitrogens with one attached hydrogen (secondary N) is 1. The Labute approximate surface area is 172 Å². The van der Waals surface area contributed by atoms with Gasteiger partial charge in [-0.1, -0.05) is 25.1 Å². The van der Waals surface area contributed by atoms with Gasteiger partial charge in [-0.15, -0.1) is 11.3 Å². The van der Waals surface area contributed by atoms with Crippen LogP contribution in [0.3, 0.4) is 0 Å². The second kappa shape index (κ2) is 9.29. The lowest BCUT2D eigenvalue weighted by Crippen LogP contribution is -2.37. The lowest BCUT2D eigenvalue weighted by atomic mass is 10.1. The van der Waals surface area contributed by atoms with Crippen LogP contribution in [0.2, 0.25) is 0 Å². The quantitative estimate of drug-likeness (QED) is 0.604. The maximum absolute atomic E-state index is 12.2. The fraction of sp³-hybridized carbons (Fsp3) is 0.238. The highest BCUT2D eigenvalue weighted by molar-refractivity contribution is 7.16. The number of amides is 2. The van der Waals surface area contributed by atoms with Crippen molar-refractivity contribution in [1.82, 2.24) is 9.88 Å². The number of carbonyl (C=O) groups excluding carboxylic acids is 3. The summed E-state index contributed by atoms with van der Waals surface area (Å²) in [4.78, 5) is 42.0. The summed E-state index contributed by atoms with van der Waals surface area (Å²) in [6.07, 6.45) is 0.786. The molecule has 8 heteroatoms. The van der Waals surface area contributed by atoms with E-state index in [2.05, 4.69) is 10.3 Å². The van der Waals surface area contributed by atoms with Gasteiger partial charge in [0.25, 0.3) is 5.91 Å². The van der Waals surface area contributed by atoms with Crippen molar-refractivity contribution >= 4 is 45.0 Å². The third kappa shape index (κ3) is 5.17. The van der Waals surface area contributed by atoms with E-state index in [-0.39, 0.29) is 12.5 Å². The number of hydrogen-bond acceptors (Lipinski definition) is 6. The first-order valence-corrected chi connectivity index (χ1v) is 9.98. The Kier molecular flexibility index (Phi) is 6.56. The van der Waals surface area contributed by atoms with Gasteiger partial charge in [-0.3, -0.25) is 9.59 Å². The SMILES string of the molecule is CCc1ccccc1NC(=O)CN(C)C(=O)COC(=O)c1ccc2ncsc2c1. The number of thiazole rings is 1. The van der Waals surface area contributed by atoms with Gasteiger partial charge in [0.2, 0.25) is 5.91 Å². The van der Waals surface area contributed by atoms with Crippen LogP contribution in [0.4, 0.5) is 5.69 Å². The standard InChI is InChI=1S/C21H21N3O4S/c1-3-14-6-4-5-7-16(14)23-19(25)11-24(2)20(26)12-28-21(27)15-8-9-17-18(10-15)29-13-22-17/h4-10,13H,3,11-12H2,1-2H3,(H,23,25). The van der Waals surface area contributed by atoms with Gasteiger partial charge < -0.3 is 15.0 Å². The molecule has 3 aromatic rings. The molecule has 0 aliphatic carbocycles. The van der Waals surface area contributed by atoms with Crippen molar-refractivity contribution in [3.05, 3.63) is 59.1 Å². The number of likely N-dealkylation sites (N-methyl/N-ethyl adjacent to an activating group) is 1. The Morgan fingerprint density at radius 2 is 1.97 bits per heavy atom. The largest absolute Gasteiger partial charge is 0.452 e. The monoisotopic (exact) mass is 411 g/mol. The van der Waals surface area contributed by atoms with Crippen LogP contribution < -0.4 is 5.32 Å². The molecule has 0 spiro atoms. The number of ether oxygens (including phenoxy) is 1. The van der Waals surface area contributed by atoms with E-state index in [1.807, 2.05) is 31.2 Å². The number of benzene rings is 2. The van der Waals surface area contributed by atoms with E-state index >= 15 is 0 Å². The molecule has 0 radical (unpaired) electrons. The number of aromatic nitrogens is 1. The molecule has 0 saturated carbocycles. The van der Waals surface area contributed by atoms with Gasteiger partial charge in [-0.2, -0.15) is 0 Å². The highest BCUT2D eigenvalue weighted by atomic mass is 32.1. The Bertz CT molecular complexity index is 1050. The lowest BCUT2D eigenvalue weighted by Gasteiger charge is -2.17. The number of nitrogens with zero attached hydrogens (tertiary/aromatic N) is 2. The number of carbonyl (C=O) groups is 3. The predicted octanol–water partition coefficient (Wildman–Crippen LogP) is 3.11. The molecule has 0 aliphatic rings. The van der Waals surface area contributed by atoms with Crippen molar-refractivity contribution < 1.29 is 19.1 Å². The smallest absolute Gasteiger partial charge is 0.338 e. The molecule has 150 valence electrons. The molecule has 0 saturated heterocycles. The van der Waals surface area contributed by atoms with Crippen molar-refractivity contribution in [3.8, 4) is 0 Å². The van der Waals surface area contributed by atoms with Gasteiger partial charge in [0.15, 0.2) is 6.61 Å². The minimum atomic E-state index is -0.594. The summed E-state index contributed by atoms with van der Waals surface area (Å²) in [5, 5.41) is 2.81. The average molecular weight is 411 g/mol. The summed E-state index contributed by atoms with van der Waals surface area (Å²) in [5.41, 5.74) is 4.60. The van der Waals surface area contributed by atoms with Gasteiger partial charge in [-0.25, -0.2) is 9.78 Å². The second-order valence-electron chi connectivity index (χ2n) is 6.42. The number of aryl methyl sites for hydroxylation is 1. The number of hydrogen-bond donors (Lipinski definition) is 1. The molecular weight excluding hydrogens is 390 g/mol. The van der Waals surface area contributed by atoms with Crippen molar-refractivity contribution in [2.45, 2.75) is 13.3 Å². The topological polar surface area (TPSA) is 88.6 Å².